The summed E-state index contributed by atoms with van der Waals surface area (Å²) in [4.78, 5) is 27.3. The van der Waals surface area contributed by atoms with Gasteiger partial charge in [-0.15, -0.1) is 0 Å². The van der Waals surface area contributed by atoms with E-state index in [2.05, 4.69) is 14.1 Å². The van der Waals surface area contributed by atoms with Crippen molar-refractivity contribution in [2.24, 2.45) is 0 Å². The molecule has 1 atom stereocenters. The number of carbonyl (C=O) groups is 2. The number of nitrogens with zero attached hydrogens (tertiary/aromatic N) is 3. The van der Waals surface area contributed by atoms with Gasteiger partial charge in [-0.2, -0.15) is 8.75 Å². The topological polar surface area (TPSA) is 84.4 Å². The van der Waals surface area contributed by atoms with Gasteiger partial charge in [-0.25, -0.2) is 0 Å². The Balaban J connectivity index is 1.48. The zero-order valence-corrected chi connectivity index (χ0v) is 15.6. The molecule has 1 aliphatic carbocycles. The van der Waals surface area contributed by atoms with E-state index in [4.69, 9.17) is 4.74 Å². The van der Waals surface area contributed by atoms with Gasteiger partial charge in [-0.3, -0.25) is 9.59 Å². The number of benzene rings is 1. The van der Waals surface area contributed by atoms with Crippen LogP contribution in [-0.4, -0.2) is 56.8 Å². The van der Waals surface area contributed by atoms with Crippen LogP contribution in [0.15, 0.2) is 18.2 Å². The number of nitrogens with one attached hydrogen (secondary N) is 1. The fraction of sp³-hybridized carbons (Fsp3) is 0.556. The van der Waals surface area contributed by atoms with Gasteiger partial charge >= 0.3 is 0 Å². The molecule has 0 bridgehead atoms. The molecule has 1 aromatic heterocycles. The Morgan fingerprint density at radius 2 is 2.04 bits per heavy atom. The van der Waals surface area contributed by atoms with Crippen LogP contribution < -0.4 is 5.32 Å². The third kappa shape index (κ3) is 3.31. The van der Waals surface area contributed by atoms with Gasteiger partial charge in [0.15, 0.2) is 5.60 Å². The largest absolute Gasteiger partial charge is 0.362 e. The van der Waals surface area contributed by atoms with Crippen LogP contribution in [0.5, 0.6) is 0 Å². The predicted molar refractivity (Wildman–Crippen MR) is 98.1 cm³/mol. The number of morpholine rings is 1. The number of carbonyl (C=O) groups excluding carboxylic acids is 2. The minimum absolute atomic E-state index is 0.108. The van der Waals surface area contributed by atoms with E-state index >= 15 is 0 Å². The summed E-state index contributed by atoms with van der Waals surface area (Å²) in [7, 11) is 0. The summed E-state index contributed by atoms with van der Waals surface area (Å²) >= 11 is 1.13. The monoisotopic (exact) mass is 374 g/mol. The number of fused-ring (bicyclic) bond motifs is 1. The molecule has 1 unspecified atom stereocenters. The Morgan fingerprint density at radius 3 is 2.85 bits per heavy atom. The first-order chi connectivity index (χ1) is 12.5. The molecule has 1 saturated carbocycles. The first-order valence-electron chi connectivity index (χ1n) is 9.02. The van der Waals surface area contributed by atoms with E-state index in [-0.39, 0.29) is 24.4 Å². The van der Waals surface area contributed by atoms with Crippen molar-refractivity contribution < 1.29 is 14.3 Å². The lowest BCUT2D eigenvalue weighted by Crippen LogP contribution is -2.60. The van der Waals surface area contributed by atoms with Gasteiger partial charge in [0.1, 0.15) is 11.0 Å². The van der Waals surface area contributed by atoms with E-state index in [0.29, 0.717) is 18.7 Å². The molecule has 2 aromatic rings. The zero-order valence-electron chi connectivity index (χ0n) is 14.7. The van der Waals surface area contributed by atoms with Gasteiger partial charge in [0.05, 0.1) is 24.9 Å². The molecule has 2 amide bonds. The molecule has 8 heteroatoms. The van der Waals surface area contributed by atoms with Crippen LogP contribution in [0.1, 0.15) is 43.0 Å². The molecule has 2 fully saturated rings. The number of hydrogen-bond acceptors (Lipinski definition) is 6. The van der Waals surface area contributed by atoms with Gasteiger partial charge < -0.3 is 15.0 Å². The Morgan fingerprint density at radius 1 is 1.27 bits per heavy atom. The zero-order chi connectivity index (χ0) is 18.1. The average Bonchev–Trinajstić information content (AvgIpc) is 3.31. The van der Waals surface area contributed by atoms with Crippen LogP contribution in [0.2, 0.25) is 0 Å². The van der Waals surface area contributed by atoms with Crippen LogP contribution in [0.3, 0.4) is 0 Å². The van der Waals surface area contributed by atoms with Crippen LogP contribution in [0, 0.1) is 0 Å². The van der Waals surface area contributed by atoms with Gasteiger partial charge in [0, 0.05) is 18.2 Å². The number of ether oxygens (including phenoxy) is 1. The molecule has 0 radical (unpaired) electrons. The molecule has 0 spiro atoms. The van der Waals surface area contributed by atoms with Gasteiger partial charge in [-0.1, -0.05) is 12.8 Å². The summed E-state index contributed by atoms with van der Waals surface area (Å²) in [6, 6.07) is 5.55. The number of hydrogen-bond donors (Lipinski definition) is 1. The molecule has 7 nitrogen and oxygen atoms in total. The average molecular weight is 374 g/mol. The minimum Gasteiger partial charge on any atom is -0.362 e. The smallest absolute Gasteiger partial charge is 0.254 e. The maximum atomic E-state index is 12.9. The SMILES string of the molecule is CC1(C(=O)NC2CCCC2)CN(C(=O)c2ccc3nsnc3c2)CCO1. The number of rotatable bonds is 3. The number of aromatic nitrogens is 2. The highest BCUT2D eigenvalue weighted by molar-refractivity contribution is 7.00. The molecule has 1 saturated heterocycles. The lowest BCUT2D eigenvalue weighted by atomic mass is 10.0. The molecule has 4 rings (SSSR count). The van der Waals surface area contributed by atoms with E-state index in [1.807, 2.05) is 0 Å². The fourth-order valence-electron chi connectivity index (χ4n) is 3.69. The first kappa shape index (κ1) is 17.4. The molecule has 26 heavy (non-hydrogen) atoms. The second kappa shape index (κ2) is 6.92. The molecule has 1 N–H and O–H groups in total. The standard InChI is InChI=1S/C18H22N4O3S/c1-18(17(24)19-13-4-2-3-5-13)11-22(8-9-25-18)16(23)12-6-7-14-15(10-12)21-26-20-14/h6-7,10,13H,2-5,8-9,11H2,1H3,(H,19,24). The van der Waals surface area contributed by atoms with Gasteiger partial charge in [0.2, 0.25) is 0 Å². The van der Waals surface area contributed by atoms with E-state index in [1.165, 1.54) is 0 Å². The minimum atomic E-state index is -1.01. The van der Waals surface area contributed by atoms with Crippen molar-refractivity contribution in [3.05, 3.63) is 23.8 Å². The van der Waals surface area contributed by atoms with Gasteiger partial charge in [-0.05, 0) is 38.0 Å². The highest BCUT2D eigenvalue weighted by Crippen LogP contribution is 2.23. The van der Waals surface area contributed by atoms with Crippen molar-refractivity contribution in [1.29, 1.82) is 0 Å². The maximum absolute atomic E-state index is 12.9. The molecule has 1 aliphatic heterocycles. The normalized spacial score (nSPS) is 24.1. The molecule has 2 heterocycles. The third-order valence-corrected chi connectivity index (χ3v) is 5.79. The van der Waals surface area contributed by atoms with E-state index in [9.17, 15) is 9.59 Å². The Hall–Kier alpha value is -2.06. The van der Waals surface area contributed by atoms with Crippen molar-refractivity contribution in [3.8, 4) is 0 Å². The summed E-state index contributed by atoms with van der Waals surface area (Å²) in [6.07, 6.45) is 4.35. The molecular formula is C18H22N4O3S. The van der Waals surface area contributed by atoms with Gasteiger partial charge in [0.25, 0.3) is 11.8 Å². The van der Waals surface area contributed by atoms with Crippen LogP contribution in [-0.2, 0) is 9.53 Å². The lowest BCUT2D eigenvalue weighted by molar-refractivity contribution is -0.154. The quantitative estimate of drug-likeness (QED) is 0.888. The Kier molecular flexibility index (Phi) is 4.62. The summed E-state index contributed by atoms with van der Waals surface area (Å²) < 4.78 is 14.1. The molecule has 2 aliphatic rings. The van der Waals surface area contributed by atoms with Crippen LogP contribution in [0.25, 0.3) is 11.0 Å². The number of amides is 2. The first-order valence-corrected chi connectivity index (χ1v) is 9.75. The molecule has 1 aromatic carbocycles. The second-order valence-electron chi connectivity index (χ2n) is 7.23. The predicted octanol–water partition coefficient (Wildman–Crippen LogP) is 1.98. The lowest BCUT2D eigenvalue weighted by Gasteiger charge is -2.39. The Labute approximate surface area is 156 Å². The second-order valence-corrected chi connectivity index (χ2v) is 7.76. The van der Waals surface area contributed by atoms with Crippen molar-refractivity contribution >= 4 is 34.6 Å². The van der Waals surface area contributed by atoms with Crippen molar-refractivity contribution in [2.45, 2.75) is 44.2 Å². The molecular weight excluding hydrogens is 352 g/mol. The summed E-state index contributed by atoms with van der Waals surface area (Å²) in [5, 5.41) is 3.09. The summed E-state index contributed by atoms with van der Waals surface area (Å²) in [6.45, 7) is 2.83. The van der Waals surface area contributed by atoms with Crippen molar-refractivity contribution in [1.82, 2.24) is 19.0 Å². The summed E-state index contributed by atoms with van der Waals surface area (Å²) in [5.41, 5.74) is 1.05. The van der Waals surface area contributed by atoms with E-state index in [1.54, 1.807) is 30.0 Å². The highest BCUT2D eigenvalue weighted by Gasteiger charge is 2.41. The fourth-order valence-corrected chi connectivity index (χ4v) is 4.20. The third-order valence-electron chi connectivity index (χ3n) is 5.23. The van der Waals surface area contributed by atoms with E-state index < -0.39 is 5.60 Å². The molecule has 138 valence electrons. The highest BCUT2D eigenvalue weighted by atomic mass is 32.1. The maximum Gasteiger partial charge on any atom is 0.254 e. The van der Waals surface area contributed by atoms with E-state index in [0.717, 1.165) is 48.4 Å². The van der Waals surface area contributed by atoms with Crippen LogP contribution in [0.4, 0.5) is 0 Å². The van der Waals surface area contributed by atoms with Crippen molar-refractivity contribution in [3.63, 3.8) is 0 Å². The van der Waals surface area contributed by atoms with Crippen LogP contribution >= 0.6 is 11.7 Å². The summed E-state index contributed by atoms with van der Waals surface area (Å²) in [5.74, 6) is -0.232. The van der Waals surface area contributed by atoms with Crippen molar-refractivity contribution in [2.75, 3.05) is 19.7 Å². The Bertz CT molecular complexity index is 833.